The van der Waals surface area contributed by atoms with Crippen molar-refractivity contribution in [1.82, 2.24) is 15.1 Å². The first-order valence-corrected chi connectivity index (χ1v) is 6.96. The quantitative estimate of drug-likeness (QED) is 0.896. The molecule has 0 spiro atoms. The SMILES string of the molecule is CC(=O)N(C)CC(=O)N1CCNCC1c1cccc(F)c1. The summed E-state index contributed by atoms with van der Waals surface area (Å²) >= 11 is 0. The first kappa shape index (κ1) is 15.4. The van der Waals surface area contributed by atoms with Crippen LogP contribution < -0.4 is 5.32 Å². The Bertz CT molecular complexity index is 535. The Morgan fingerprint density at radius 2 is 2.24 bits per heavy atom. The van der Waals surface area contributed by atoms with Crippen molar-refractivity contribution in [2.45, 2.75) is 13.0 Å². The highest BCUT2D eigenvalue weighted by atomic mass is 19.1. The summed E-state index contributed by atoms with van der Waals surface area (Å²) in [5.41, 5.74) is 0.765. The fraction of sp³-hybridized carbons (Fsp3) is 0.467. The minimum Gasteiger partial charge on any atom is -0.337 e. The summed E-state index contributed by atoms with van der Waals surface area (Å²) in [7, 11) is 1.60. The summed E-state index contributed by atoms with van der Waals surface area (Å²) in [5, 5.41) is 3.22. The van der Waals surface area contributed by atoms with E-state index in [-0.39, 0.29) is 30.2 Å². The number of rotatable bonds is 3. The van der Waals surface area contributed by atoms with Crippen LogP contribution in [0.2, 0.25) is 0 Å². The van der Waals surface area contributed by atoms with Crippen LogP contribution in [0.3, 0.4) is 0 Å². The van der Waals surface area contributed by atoms with Crippen LogP contribution in [0.1, 0.15) is 18.5 Å². The molecule has 0 aliphatic carbocycles. The van der Waals surface area contributed by atoms with Gasteiger partial charge in [0.2, 0.25) is 11.8 Å². The summed E-state index contributed by atoms with van der Waals surface area (Å²) in [6, 6.07) is 6.09. The highest BCUT2D eigenvalue weighted by Gasteiger charge is 2.28. The summed E-state index contributed by atoms with van der Waals surface area (Å²) in [6.07, 6.45) is 0. The van der Waals surface area contributed by atoms with Gasteiger partial charge in [0.05, 0.1) is 12.6 Å². The van der Waals surface area contributed by atoms with Gasteiger partial charge in [-0.2, -0.15) is 0 Å². The molecule has 2 rings (SSSR count). The molecule has 1 fully saturated rings. The number of likely N-dealkylation sites (N-methyl/N-ethyl adjacent to an activating group) is 1. The van der Waals surface area contributed by atoms with Crippen molar-refractivity contribution in [1.29, 1.82) is 0 Å². The topological polar surface area (TPSA) is 52.7 Å². The van der Waals surface area contributed by atoms with Crippen LogP contribution in [0.15, 0.2) is 24.3 Å². The molecule has 1 unspecified atom stereocenters. The Morgan fingerprint density at radius 3 is 2.90 bits per heavy atom. The van der Waals surface area contributed by atoms with Gasteiger partial charge >= 0.3 is 0 Å². The molecule has 1 N–H and O–H groups in total. The van der Waals surface area contributed by atoms with Gasteiger partial charge in [-0.3, -0.25) is 9.59 Å². The van der Waals surface area contributed by atoms with E-state index in [1.807, 2.05) is 6.07 Å². The van der Waals surface area contributed by atoms with Gasteiger partial charge in [0.25, 0.3) is 0 Å². The van der Waals surface area contributed by atoms with Gasteiger partial charge in [-0.1, -0.05) is 12.1 Å². The zero-order valence-corrected chi connectivity index (χ0v) is 12.3. The summed E-state index contributed by atoms with van der Waals surface area (Å²) < 4.78 is 13.4. The number of hydrogen-bond donors (Lipinski definition) is 1. The second-order valence-electron chi connectivity index (χ2n) is 5.24. The molecule has 1 atom stereocenters. The molecule has 1 aromatic rings. The number of amides is 2. The van der Waals surface area contributed by atoms with Crippen molar-refractivity contribution in [3.63, 3.8) is 0 Å². The molecule has 1 aromatic carbocycles. The zero-order chi connectivity index (χ0) is 15.4. The Labute approximate surface area is 123 Å². The fourth-order valence-electron chi connectivity index (χ4n) is 2.42. The molecule has 0 aromatic heterocycles. The van der Waals surface area contributed by atoms with Crippen molar-refractivity contribution in [3.8, 4) is 0 Å². The third-order valence-electron chi connectivity index (χ3n) is 3.71. The molecule has 6 heteroatoms. The van der Waals surface area contributed by atoms with Crippen LogP contribution >= 0.6 is 0 Å². The molecule has 0 bridgehead atoms. The molecular weight excluding hydrogens is 273 g/mol. The molecule has 0 saturated carbocycles. The maximum absolute atomic E-state index is 13.4. The maximum atomic E-state index is 13.4. The molecule has 5 nitrogen and oxygen atoms in total. The zero-order valence-electron chi connectivity index (χ0n) is 12.3. The van der Waals surface area contributed by atoms with E-state index in [0.29, 0.717) is 19.6 Å². The summed E-state index contributed by atoms with van der Waals surface area (Å²) in [6.45, 7) is 3.29. The van der Waals surface area contributed by atoms with Crippen molar-refractivity contribution >= 4 is 11.8 Å². The Hall–Kier alpha value is -1.95. The lowest BCUT2D eigenvalue weighted by Gasteiger charge is -2.37. The van der Waals surface area contributed by atoms with Gasteiger partial charge in [0, 0.05) is 33.6 Å². The molecule has 1 heterocycles. The normalized spacial score (nSPS) is 18.4. The van der Waals surface area contributed by atoms with E-state index >= 15 is 0 Å². The largest absolute Gasteiger partial charge is 0.337 e. The number of piperazine rings is 1. The van der Waals surface area contributed by atoms with Crippen LogP contribution in [0.25, 0.3) is 0 Å². The number of carbonyl (C=O) groups is 2. The van der Waals surface area contributed by atoms with Gasteiger partial charge in [0.15, 0.2) is 0 Å². The van der Waals surface area contributed by atoms with Crippen LogP contribution in [-0.4, -0.2) is 54.8 Å². The molecule has 1 saturated heterocycles. The lowest BCUT2D eigenvalue weighted by molar-refractivity contribution is -0.140. The number of carbonyl (C=O) groups excluding carboxylic acids is 2. The van der Waals surface area contributed by atoms with Crippen LogP contribution in [-0.2, 0) is 9.59 Å². The Morgan fingerprint density at radius 1 is 1.48 bits per heavy atom. The van der Waals surface area contributed by atoms with E-state index in [1.165, 1.54) is 24.0 Å². The molecule has 2 amide bonds. The number of nitrogens with one attached hydrogen (secondary N) is 1. The molecule has 0 radical (unpaired) electrons. The monoisotopic (exact) mass is 293 g/mol. The first-order chi connectivity index (χ1) is 9.99. The number of nitrogens with zero attached hydrogens (tertiary/aromatic N) is 2. The van der Waals surface area contributed by atoms with E-state index in [4.69, 9.17) is 0 Å². The van der Waals surface area contributed by atoms with E-state index in [9.17, 15) is 14.0 Å². The lowest BCUT2D eigenvalue weighted by Crippen LogP contribution is -2.51. The molecule has 21 heavy (non-hydrogen) atoms. The van der Waals surface area contributed by atoms with E-state index < -0.39 is 0 Å². The average Bonchev–Trinajstić information content (AvgIpc) is 2.47. The number of benzene rings is 1. The first-order valence-electron chi connectivity index (χ1n) is 6.96. The van der Waals surface area contributed by atoms with Gasteiger partial charge in [0.1, 0.15) is 5.82 Å². The molecule has 1 aliphatic rings. The fourth-order valence-corrected chi connectivity index (χ4v) is 2.42. The van der Waals surface area contributed by atoms with Gasteiger partial charge in [-0.05, 0) is 17.7 Å². The standard InChI is InChI=1S/C15H20FN3O2/c1-11(20)18(2)10-15(21)19-7-6-17-9-14(19)12-4-3-5-13(16)8-12/h3-5,8,14,17H,6-7,9-10H2,1-2H3. The summed E-state index contributed by atoms with van der Waals surface area (Å²) in [5.74, 6) is -0.587. The maximum Gasteiger partial charge on any atom is 0.242 e. The predicted octanol–water partition coefficient (Wildman–Crippen LogP) is 0.777. The predicted molar refractivity (Wildman–Crippen MR) is 77.0 cm³/mol. The lowest BCUT2D eigenvalue weighted by atomic mass is 10.0. The van der Waals surface area contributed by atoms with Crippen LogP contribution in [0, 0.1) is 5.82 Å². The Kier molecular flexibility index (Phi) is 4.90. The van der Waals surface area contributed by atoms with E-state index in [0.717, 1.165) is 5.56 Å². The van der Waals surface area contributed by atoms with Gasteiger partial charge in [-0.15, -0.1) is 0 Å². The highest BCUT2D eigenvalue weighted by Crippen LogP contribution is 2.23. The second-order valence-corrected chi connectivity index (χ2v) is 5.24. The molecular formula is C15H20FN3O2. The second kappa shape index (κ2) is 6.67. The van der Waals surface area contributed by atoms with Gasteiger partial charge in [-0.25, -0.2) is 4.39 Å². The van der Waals surface area contributed by atoms with Crippen molar-refractivity contribution < 1.29 is 14.0 Å². The minimum absolute atomic E-state index is 0.0428. The van der Waals surface area contributed by atoms with Crippen LogP contribution in [0.5, 0.6) is 0 Å². The highest BCUT2D eigenvalue weighted by molar-refractivity contribution is 5.84. The molecule has 114 valence electrons. The molecule has 1 aliphatic heterocycles. The van der Waals surface area contributed by atoms with Crippen molar-refractivity contribution in [2.75, 3.05) is 33.2 Å². The third-order valence-corrected chi connectivity index (χ3v) is 3.71. The van der Waals surface area contributed by atoms with Crippen molar-refractivity contribution in [2.24, 2.45) is 0 Å². The van der Waals surface area contributed by atoms with Crippen molar-refractivity contribution in [3.05, 3.63) is 35.6 Å². The minimum atomic E-state index is -0.314. The van der Waals surface area contributed by atoms with Gasteiger partial charge < -0.3 is 15.1 Å². The number of halogens is 1. The summed E-state index contributed by atoms with van der Waals surface area (Å²) in [4.78, 5) is 26.7. The smallest absolute Gasteiger partial charge is 0.242 e. The average molecular weight is 293 g/mol. The Balaban J connectivity index is 2.15. The van der Waals surface area contributed by atoms with Crippen LogP contribution in [0.4, 0.5) is 4.39 Å². The third kappa shape index (κ3) is 3.78. The van der Waals surface area contributed by atoms with E-state index in [1.54, 1.807) is 18.0 Å². The number of hydrogen-bond acceptors (Lipinski definition) is 3. The van der Waals surface area contributed by atoms with E-state index in [2.05, 4.69) is 5.32 Å².